The zero-order valence-electron chi connectivity index (χ0n) is 11.2. The molecule has 6 heteroatoms. The van der Waals surface area contributed by atoms with E-state index < -0.39 is 11.6 Å². The first-order chi connectivity index (χ1) is 10.0. The van der Waals surface area contributed by atoms with Crippen molar-refractivity contribution in [1.29, 1.82) is 0 Å². The summed E-state index contributed by atoms with van der Waals surface area (Å²) in [6.07, 6.45) is 0. The maximum absolute atomic E-state index is 13.7. The van der Waals surface area contributed by atoms with Gasteiger partial charge in [-0.15, -0.1) is 0 Å². The van der Waals surface area contributed by atoms with Crippen LogP contribution in [0.25, 0.3) is 0 Å². The van der Waals surface area contributed by atoms with Crippen molar-refractivity contribution < 1.29 is 18.3 Å². The Hall–Kier alpha value is -2.01. The maximum Gasteiger partial charge on any atom is 0.231 e. The topological polar surface area (TPSA) is 30.5 Å². The van der Waals surface area contributed by atoms with Crippen LogP contribution in [0.1, 0.15) is 11.1 Å². The van der Waals surface area contributed by atoms with E-state index in [9.17, 15) is 8.78 Å². The van der Waals surface area contributed by atoms with Crippen molar-refractivity contribution in [2.45, 2.75) is 13.5 Å². The molecule has 2 aromatic rings. The van der Waals surface area contributed by atoms with E-state index in [4.69, 9.17) is 21.1 Å². The number of fused-ring (bicyclic) bond motifs is 1. The fourth-order valence-electron chi connectivity index (χ4n) is 2.10. The molecule has 0 saturated heterocycles. The monoisotopic (exact) mass is 311 g/mol. The van der Waals surface area contributed by atoms with Crippen molar-refractivity contribution in [3.8, 4) is 11.5 Å². The Morgan fingerprint density at radius 2 is 1.95 bits per heavy atom. The van der Waals surface area contributed by atoms with Gasteiger partial charge in [0.25, 0.3) is 0 Å². The van der Waals surface area contributed by atoms with Crippen LogP contribution >= 0.6 is 11.6 Å². The molecule has 110 valence electrons. The molecule has 1 N–H and O–H groups in total. The third-order valence-corrected chi connectivity index (χ3v) is 3.50. The van der Waals surface area contributed by atoms with E-state index in [0.717, 1.165) is 17.7 Å². The molecule has 0 atom stereocenters. The number of ether oxygens (including phenoxy) is 2. The molecular formula is C15H12ClF2NO2. The van der Waals surface area contributed by atoms with E-state index in [0.29, 0.717) is 16.5 Å². The smallest absolute Gasteiger partial charge is 0.231 e. The fraction of sp³-hybridized carbons (Fsp3) is 0.200. The van der Waals surface area contributed by atoms with Gasteiger partial charge in [0, 0.05) is 12.6 Å². The standard InChI is InChI=1S/C15H12ClF2NO2/c1-8-2-12(18)13(5-11(8)17)19-6-9-3-10(16)15-14(4-9)20-7-21-15/h2-5,19H,6-7H2,1H3. The highest BCUT2D eigenvalue weighted by molar-refractivity contribution is 6.32. The van der Waals surface area contributed by atoms with E-state index in [1.54, 1.807) is 12.1 Å². The van der Waals surface area contributed by atoms with E-state index in [1.807, 2.05) is 0 Å². The van der Waals surface area contributed by atoms with Crippen molar-refractivity contribution in [3.63, 3.8) is 0 Å². The molecule has 0 aliphatic carbocycles. The third-order valence-electron chi connectivity index (χ3n) is 3.22. The lowest BCUT2D eigenvalue weighted by Crippen LogP contribution is -2.03. The van der Waals surface area contributed by atoms with Gasteiger partial charge < -0.3 is 14.8 Å². The highest BCUT2D eigenvalue weighted by Gasteiger charge is 2.18. The molecule has 0 aromatic heterocycles. The van der Waals surface area contributed by atoms with Crippen LogP contribution in [0.4, 0.5) is 14.5 Å². The second-order valence-electron chi connectivity index (χ2n) is 4.75. The van der Waals surface area contributed by atoms with Crippen LogP contribution in [0.15, 0.2) is 24.3 Å². The van der Waals surface area contributed by atoms with Gasteiger partial charge in [0.1, 0.15) is 11.6 Å². The minimum atomic E-state index is -0.499. The summed E-state index contributed by atoms with van der Waals surface area (Å²) in [6.45, 7) is 1.93. The number of nitrogens with one attached hydrogen (secondary N) is 1. The summed E-state index contributed by atoms with van der Waals surface area (Å²) in [5.74, 6) is 0.103. The predicted molar refractivity (Wildman–Crippen MR) is 76.0 cm³/mol. The van der Waals surface area contributed by atoms with Gasteiger partial charge in [-0.25, -0.2) is 8.78 Å². The molecular weight excluding hydrogens is 300 g/mol. The Kier molecular flexibility index (Phi) is 3.59. The van der Waals surface area contributed by atoms with Crippen LogP contribution in [-0.2, 0) is 6.54 Å². The molecule has 1 heterocycles. The molecule has 1 aliphatic rings. The van der Waals surface area contributed by atoms with Gasteiger partial charge in [0.05, 0.1) is 10.7 Å². The zero-order chi connectivity index (χ0) is 15.0. The highest BCUT2D eigenvalue weighted by Crippen LogP contribution is 2.39. The zero-order valence-corrected chi connectivity index (χ0v) is 11.9. The lowest BCUT2D eigenvalue weighted by atomic mass is 10.1. The number of anilines is 1. The van der Waals surface area contributed by atoms with E-state index in [2.05, 4.69) is 5.32 Å². The number of halogens is 3. The third kappa shape index (κ3) is 2.74. The van der Waals surface area contributed by atoms with E-state index in [1.165, 1.54) is 6.92 Å². The van der Waals surface area contributed by atoms with Crippen LogP contribution < -0.4 is 14.8 Å². The predicted octanol–water partition coefficient (Wildman–Crippen LogP) is 4.27. The van der Waals surface area contributed by atoms with Crippen molar-refractivity contribution in [3.05, 3.63) is 52.0 Å². The minimum Gasteiger partial charge on any atom is -0.454 e. The van der Waals surface area contributed by atoms with E-state index >= 15 is 0 Å². The molecule has 0 amide bonds. The van der Waals surface area contributed by atoms with Gasteiger partial charge in [-0.2, -0.15) is 0 Å². The maximum atomic E-state index is 13.7. The van der Waals surface area contributed by atoms with Crippen molar-refractivity contribution >= 4 is 17.3 Å². The number of aryl methyl sites for hydroxylation is 1. The largest absolute Gasteiger partial charge is 0.454 e. The molecule has 0 unspecified atom stereocenters. The molecule has 3 rings (SSSR count). The Labute approximate surface area is 125 Å². The molecule has 0 bridgehead atoms. The van der Waals surface area contributed by atoms with Gasteiger partial charge in [0.2, 0.25) is 6.79 Å². The summed E-state index contributed by atoms with van der Waals surface area (Å²) >= 11 is 6.07. The average molecular weight is 312 g/mol. The number of hydrogen-bond acceptors (Lipinski definition) is 3. The van der Waals surface area contributed by atoms with Gasteiger partial charge in [0.15, 0.2) is 11.5 Å². The quantitative estimate of drug-likeness (QED) is 0.918. The molecule has 21 heavy (non-hydrogen) atoms. The summed E-state index contributed by atoms with van der Waals surface area (Å²) in [5.41, 5.74) is 1.15. The van der Waals surface area contributed by atoms with Crippen LogP contribution in [0, 0.1) is 18.6 Å². The Morgan fingerprint density at radius 3 is 2.76 bits per heavy atom. The molecule has 0 radical (unpaired) electrons. The highest BCUT2D eigenvalue weighted by atomic mass is 35.5. The molecule has 0 saturated carbocycles. The Balaban J connectivity index is 1.79. The number of benzene rings is 2. The number of hydrogen-bond donors (Lipinski definition) is 1. The first-order valence-electron chi connectivity index (χ1n) is 6.32. The van der Waals surface area contributed by atoms with Gasteiger partial charge in [-0.3, -0.25) is 0 Å². The summed E-state index contributed by atoms with van der Waals surface area (Å²) < 4.78 is 37.7. The van der Waals surface area contributed by atoms with Crippen LogP contribution in [-0.4, -0.2) is 6.79 Å². The summed E-state index contributed by atoms with van der Waals surface area (Å²) in [7, 11) is 0. The van der Waals surface area contributed by atoms with Crippen LogP contribution in [0.3, 0.4) is 0 Å². The minimum absolute atomic E-state index is 0.104. The first-order valence-corrected chi connectivity index (χ1v) is 6.70. The molecule has 1 aliphatic heterocycles. The average Bonchev–Trinajstić information content (AvgIpc) is 2.90. The second-order valence-corrected chi connectivity index (χ2v) is 5.15. The SMILES string of the molecule is Cc1cc(F)c(NCc2cc(Cl)c3c(c2)OCO3)cc1F. The van der Waals surface area contributed by atoms with Crippen molar-refractivity contribution in [2.24, 2.45) is 0 Å². The van der Waals surface area contributed by atoms with Crippen LogP contribution in [0.5, 0.6) is 11.5 Å². The summed E-state index contributed by atoms with van der Waals surface area (Å²) in [5, 5.41) is 3.27. The van der Waals surface area contributed by atoms with Gasteiger partial charge >= 0.3 is 0 Å². The molecule has 0 fully saturated rings. The lowest BCUT2D eigenvalue weighted by Gasteiger charge is -2.10. The molecule has 3 nitrogen and oxygen atoms in total. The molecule has 0 spiro atoms. The van der Waals surface area contributed by atoms with Crippen molar-refractivity contribution in [1.82, 2.24) is 0 Å². The Morgan fingerprint density at radius 1 is 1.14 bits per heavy atom. The van der Waals surface area contributed by atoms with E-state index in [-0.39, 0.29) is 24.6 Å². The Bertz CT molecular complexity index is 707. The molecule has 2 aromatic carbocycles. The van der Waals surface area contributed by atoms with Crippen LogP contribution in [0.2, 0.25) is 5.02 Å². The number of rotatable bonds is 3. The summed E-state index contributed by atoms with van der Waals surface area (Å²) in [4.78, 5) is 0. The fourth-order valence-corrected chi connectivity index (χ4v) is 2.39. The first kappa shape index (κ1) is 13.9. The normalized spacial score (nSPS) is 12.6. The summed E-state index contributed by atoms with van der Waals surface area (Å²) in [6, 6.07) is 5.75. The second kappa shape index (κ2) is 5.41. The van der Waals surface area contributed by atoms with Gasteiger partial charge in [-0.05, 0) is 36.2 Å². The lowest BCUT2D eigenvalue weighted by molar-refractivity contribution is 0.174. The van der Waals surface area contributed by atoms with Gasteiger partial charge in [-0.1, -0.05) is 11.6 Å². The van der Waals surface area contributed by atoms with Crippen molar-refractivity contribution in [2.75, 3.05) is 12.1 Å².